The van der Waals surface area contributed by atoms with Crippen LogP contribution in [-0.2, 0) is 6.54 Å². The van der Waals surface area contributed by atoms with Gasteiger partial charge in [0.2, 0.25) is 5.95 Å². The summed E-state index contributed by atoms with van der Waals surface area (Å²) >= 11 is 0. The normalized spacial score (nSPS) is 18.0. The molecule has 192 valence electrons. The van der Waals surface area contributed by atoms with Crippen molar-refractivity contribution in [1.82, 2.24) is 34.4 Å². The molecule has 0 unspecified atom stereocenters. The van der Waals surface area contributed by atoms with Crippen molar-refractivity contribution in [2.45, 2.75) is 58.2 Å². The van der Waals surface area contributed by atoms with Crippen LogP contribution < -0.4 is 16.0 Å². The third kappa shape index (κ3) is 4.54. The molecule has 5 heterocycles. The Bertz CT molecular complexity index is 1400. The topological polar surface area (TPSA) is 97.0 Å². The van der Waals surface area contributed by atoms with Crippen LogP contribution in [0.4, 0.5) is 29.3 Å². The van der Waals surface area contributed by atoms with Crippen molar-refractivity contribution in [2.75, 3.05) is 23.7 Å². The van der Waals surface area contributed by atoms with Crippen LogP contribution in [-0.4, -0.2) is 66.7 Å². The van der Waals surface area contributed by atoms with Gasteiger partial charge in [0.25, 0.3) is 12.3 Å². The van der Waals surface area contributed by atoms with E-state index < -0.39 is 31.5 Å². The lowest BCUT2D eigenvalue weighted by Gasteiger charge is -2.32. The number of nitrogens with one attached hydrogen (secondary N) is 3. The molecule has 4 aromatic heterocycles. The Morgan fingerprint density at radius 1 is 1.17 bits per heavy atom. The van der Waals surface area contributed by atoms with E-state index in [4.69, 9.17) is 0 Å². The zero-order valence-corrected chi connectivity index (χ0v) is 20.1. The van der Waals surface area contributed by atoms with Crippen molar-refractivity contribution >= 4 is 28.4 Å². The monoisotopic (exact) mass is 505 g/mol. The van der Waals surface area contributed by atoms with E-state index >= 15 is 0 Å². The first-order chi connectivity index (χ1) is 17.1. The number of piperidine rings is 1. The summed E-state index contributed by atoms with van der Waals surface area (Å²) in [6.07, 6.45) is -0.624. The van der Waals surface area contributed by atoms with E-state index in [1.807, 2.05) is 13.8 Å². The van der Waals surface area contributed by atoms with Crippen LogP contribution in [0.1, 0.15) is 26.1 Å². The SMILES string of the molecule is Cc1nc2ccc(-c3ccn4nc(N[C@@H]5CCNCC5(F)F)nc(NC(C)C)c34)nc2n1CC(F)F. The molecule has 36 heavy (non-hydrogen) atoms. The zero-order valence-electron chi connectivity index (χ0n) is 20.1. The average Bonchev–Trinajstić information content (AvgIpc) is 3.35. The summed E-state index contributed by atoms with van der Waals surface area (Å²) < 4.78 is 58.0. The number of rotatable bonds is 7. The van der Waals surface area contributed by atoms with Crippen LogP contribution in [0.2, 0.25) is 0 Å². The fourth-order valence-electron chi connectivity index (χ4n) is 4.46. The van der Waals surface area contributed by atoms with Gasteiger partial charge in [-0.15, -0.1) is 5.10 Å². The molecule has 1 saturated heterocycles. The van der Waals surface area contributed by atoms with E-state index in [0.29, 0.717) is 46.1 Å². The number of alkyl halides is 4. The molecule has 0 bridgehead atoms. The zero-order chi connectivity index (χ0) is 25.6. The summed E-state index contributed by atoms with van der Waals surface area (Å²) in [6.45, 7) is 5.09. The van der Waals surface area contributed by atoms with Gasteiger partial charge in [0.05, 0.1) is 24.8 Å². The number of fused-ring (bicyclic) bond motifs is 2. The molecule has 4 aromatic rings. The van der Waals surface area contributed by atoms with Crippen LogP contribution in [0.15, 0.2) is 24.4 Å². The maximum atomic E-state index is 14.4. The minimum absolute atomic E-state index is 0.00909. The first-order valence-corrected chi connectivity index (χ1v) is 11.8. The summed E-state index contributed by atoms with van der Waals surface area (Å²) in [6, 6.07) is 4.18. The number of nitrogens with zero attached hydrogens (tertiary/aromatic N) is 6. The molecule has 0 amide bonds. The molecular weight excluding hydrogens is 478 g/mol. The summed E-state index contributed by atoms with van der Waals surface area (Å²) in [5, 5.41) is 13.2. The smallest absolute Gasteiger partial charge is 0.280 e. The number of aromatic nitrogens is 6. The van der Waals surface area contributed by atoms with Gasteiger partial charge in [-0.25, -0.2) is 32.0 Å². The molecule has 0 aliphatic carbocycles. The molecule has 0 saturated carbocycles. The standard InChI is InChI=1S/C23H27F4N9/c1-12(2)29-20-19-14(15-4-5-16-21(31-15)35(10-18(24)25)13(3)30-16)7-9-36(19)34-22(33-20)32-17-6-8-28-11-23(17,26)27/h4-5,7,9,12,17-18,28H,6,8,10-11H2,1-3H3,(H2,29,32,33,34)/t17-/m1/s1. The van der Waals surface area contributed by atoms with Gasteiger partial charge in [0, 0.05) is 17.8 Å². The number of aryl methyl sites for hydroxylation is 1. The van der Waals surface area contributed by atoms with Crippen molar-refractivity contribution in [3.05, 3.63) is 30.2 Å². The second kappa shape index (κ2) is 9.19. The molecule has 1 aliphatic rings. The van der Waals surface area contributed by atoms with Crippen molar-refractivity contribution in [3.63, 3.8) is 0 Å². The van der Waals surface area contributed by atoms with Gasteiger partial charge >= 0.3 is 0 Å². The number of anilines is 2. The second-order valence-corrected chi connectivity index (χ2v) is 9.23. The van der Waals surface area contributed by atoms with E-state index in [1.54, 1.807) is 35.8 Å². The molecule has 1 aliphatic heterocycles. The van der Waals surface area contributed by atoms with Gasteiger partial charge in [0.1, 0.15) is 16.9 Å². The van der Waals surface area contributed by atoms with Crippen LogP contribution in [0.5, 0.6) is 0 Å². The lowest BCUT2D eigenvalue weighted by molar-refractivity contribution is -0.0324. The molecular formula is C23H27F4N9. The highest BCUT2D eigenvalue weighted by Crippen LogP contribution is 2.32. The number of halogens is 4. The van der Waals surface area contributed by atoms with Gasteiger partial charge in [0.15, 0.2) is 11.5 Å². The molecule has 0 radical (unpaired) electrons. The van der Waals surface area contributed by atoms with Crippen LogP contribution in [0, 0.1) is 6.92 Å². The molecule has 1 atom stereocenters. The Morgan fingerprint density at radius 3 is 2.69 bits per heavy atom. The Balaban J connectivity index is 1.59. The molecule has 13 heteroatoms. The molecule has 0 spiro atoms. The van der Waals surface area contributed by atoms with Crippen molar-refractivity contribution < 1.29 is 17.6 Å². The Labute approximate surface area is 204 Å². The fraction of sp³-hybridized carbons (Fsp3) is 0.478. The van der Waals surface area contributed by atoms with E-state index in [0.717, 1.165) is 0 Å². The number of imidazole rings is 1. The Kier molecular flexibility index (Phi) is 6.18. The predicted octanol–water partition coefficient (Wildman–Crippen LogP) is 3.94. The third-order valence-electron chi connectivity index (χ3n) is 6.10. The highest BCUT2D eigenvalue weighted by molar-refractivity contribution is 5.89. The highest BCUT2D eigenvalue weighted by Gasteiger charge is 2.42. The largest absolute Gasteiger partial charge is 0.366 e. The van der Waals surface area contributed by atoms with Gasteiger partial charge in [-0.3, -0.25) is 0 Å². The predicted molar refractivity (Wildman–Crippen MR) is 129 cm³/mol. The minimum atomic E-state index is -2.94. The second-order valence-electron chi connectivity index (χ2n) is 9.23. The van der Waals surface area contributed by atoms with Gasteiger partial charge < -0.3 is 20.5 Å². The minimum Gasteiger partial charge on any atom is -0.366 e. The van der Waals surface area contributed by atoms with E-state index in [9.17, 15) is 17.6 Å². The van der Waals surface area contributed by atoms with E-state index in [1.165, 1.54) is 4.57 Å². The first kappa shape index (κ1) is 24.2. The lowest BCUT2D eigenvalue weighted by atomic mass is 10.0. The van der Waals surface area contributed by atoms with Gasteiger partial charge in [-0.2, -0.15) is 4.98 Å². The van der Waals surface area contributed by atoms with E-state index in [2.05, 4.69) is 36.0 Å². The van der Waals surface area contributed by atoms with Crippen molar-refractivity contribution in [1.29, 1.82) is 0 Å². The van der Waals surface area contributed by atoms with E-state index in [-0.39, 0.29) is 18.4 Å². The maximum absolute atomic E-state index is 14.4. The summed E-state index contributed by atoms with van der Waals surface area (Å²) in [5.74, 6) is -1.97. The number of hydrogen-bond donors (Lipinski definition) is 3. The lowest BCUT2D eigenvalue weighted by Crippen LogP contribution is -2.53. The van der Waals surface area contributed by atoms with Crippen LogP contribution in [0.25, 0.3) is 27.9 Å². The fourth-order valence-corrected chi connectivity index (χ4v) is 4.46. The van der Waals surface area contributed by atoms with Gasteiger partial charge in [-0.05, 0) is 51.9 Å². The summed E-state index contributed by atoms with van der Waals surface area (Å²) in [4.78, 5) is 13.5. The van der Waals surface area contributed by atoms with Gasteiger partial charge in [-0.1, -0.05) is 0 Å². The van der Waals surface area contributed by atoms with Crippen molar-refractivity contribution in [2.24, 2.45) is 0 Å². The quantitative estimate of drug-likeness (QED) is 0.328. The maximum Gasteiger partial charge on any atom is 0.280 e. The molecule has 9 nitrogen and oxygen atoms in total. The Morgan fingerprint density at radius 2 is 1.97 bits per heavy atom. The first-order valence-electron chi connectivity index (χ1n) is 11.8. The molecule has 3 N–H and O–H groups in total. The summed E-state index contributed by atoms with van der Waals surface area (Å²) in [7, 11) is 0. The third-order valence-corrected chi connectivity index (χ3v) is 6.10. The van der Waals surface area contributed by atoms with Crippen LogP contribution >= 0.6 is 0 Å². The number of pyridine rings is 1. The number of hydrogen-bond acceptors (Lipinski definition) is 7. The highest BCUT2D eigenvalue weighted by atomic mass is 19.3. The molecule has 5 rings (SSSR count). The average molecular weight is 506 g/mol. The molecule has 1 fully saturated rings. The Hall–Kier alpha value is -3.48. The molecule has 0 aromatic carbocycles. The van der Waals surface area contributed by atoms with Crippen LogP contribution in [0.3, 0.4) is 0 Å². The van der Waals surface area contributed by atoms with Crippen molar-refractivity contribution in [3.8, 4) is 11.3 Å². The summed E-state index contributed by atoms with van der Waals surface area (Å²) in [5.41, 5.74) is 2.67.